The molecule has 0 heterocycles. The maximum absolute atomic E-state index is 2.36. The van der Waals surface area contributed by atoms with Gasteiger partial charge >= 0.3 is 0 Å². The van der Waals surface area contributed by atoms with Crippen molar-refractivity contribution in [2.75, 3.05) is 0 Å². The number of benzene rings is 1. The van der Waals surface area contributed by atoms with Crippen LogP contribution in [0.3, 0.4) is 0 Å². The third-order valence-electron chi connectivity index (χ3n) is 2.83. The highest BCUT2D eigenvalue weighted by Gasteiger charge is 2.05. The van der Waals surface area contributed by atoms with Gasteiger partial charge in [-0.25, -0.2) is 0 Å². The summed E-state index contributed by atoms with van der Waals surface area (Å²) in [6.07, 6.45) is 8.69. The minimum Gasteiger partial charge on any atom is -0.0776 e. The van der Waals surface area contributed by atoms with E-state index in [2.05, 4.69) is 67.5 Å². The van der Waals surface area contributed by atoms with E-state index in [0.29, 0.717) is 5.41 Å². The van der Waals surface area contributed by atoms with Crippen LogP contribution in [0.15, 0.2) is 30.3 Å². The first-order chi connectivity index (χ1) is 11.2. The lowest BCUT2D eigenvalue weighted by Gasteiger charge is -2.15. The first-order valence-corrected chi connectivity index (χ1v) is 10.2. The number of hydrogen-bond donors (Lipinski definition) is 0. The van der Waals surface area contributed by atoms with E-state index in [-0.39, 0.29) is 14.9 Å². The third-order valence-corrected chi connectivity index (χ3v) is 2.83. The zero-order valence-corrected chi connectivity index (χ0v) is 18.7. The van der Waals surface area contributed by atoms with Crippen LogP contribution in [-0.2, 0) is 0 Å². The lowest BCUT2D eigenvalue weighted by atomic mass is 9.91. The smallest absolute Gasteiger partial charge is 0.0398 e. The van der Waals surface area contributed by atoms with E-state index in [1.807, 2.05) is 32.0 Å². The van der Waals surface area contributed by atoms with Crippen LogP contribution in [0.25, 0.3) is 0 Å². The van der Waals surface area contributed by atoms with Crippen LogP contribution in [0.5, 0.6) is 0 Å². The van der Waals surface area contributed by atoms with Crippen molar-refractivity contribution in [3.8, 4) is 0 Å². The molecule has 0 bridgehead atoms. The summed E-state index contributed by atoms with van der Waals surface area (Å²) < 4.78 is 0. The molecule has 26 heavy (non-hydrogen) atoms. The van der Waals surface area contributed by atoms with Gasteiger partial charge in [-0.1, -0.05) is 152 Å². The fraction of sp³-hybridized carbons (Fsp3) is 0.769. The normalized spacial score (nSPS) is 12.4. The fourth-order valence-corrected chi connectivity index (χ4v) is 1.84. The second kappa shape index (κ2) is 26.4. The van der Waals surface area contributed by atoms with Crippen molar-refractivity contribution in [3.05, 3.63) is 35.9 Å². The molecule has 0 radical (unpaired) electrons. The zero-order valence-electron chi connectivity index (χ0n) is 18.7. The molecule has 0 amide bonds. The first kappa shape index (κ1) is 36.2. The summed E-state index contributed by atoms with van der Waals surface area (Å²) in [5.74, 6) is 1.04. The van der Waals surface area contributed by atoms with Crippen LogP contribution in [0.2, 0.25) is 0 Å². The van der Waals surface area contributed by atoms with Crippen LogP contribution in [0, 0.1) is 18.3 Å². The molecule has 2 rings (SSSR count). The molecule has 1 aliphatic carbocycles. The standard InChI is InChI=1S/C7H14.C7H8.C5H12.C3H8.C2H6.2CH4/c2*1-7-5-3-2-4-6-7;1-5(2,3)4;1-3-2;1-2;;/h7H,2-6H2,1H3;2-6H,1H3;1-4H3;3H2,1-2H3;1-2H3;2*1H4. The summed E-state index contributed by atoms with van der Waals surface area (Å²) >= 11 is 0. The summed E-state index contributed by atoms with van der Waals surface area (Å²) in [6, 6.07) is 10.3. The third kappa shape index (κ3) is 49.5. The molecule has 1 saturated carbocycles. The highest BCUT2D eigenvalue weighted by atomic mass is 14.1. The van der Waals surface area contributed by atoms with Crippen LogP contribution >= 0.6 is 0 Å². The largest absolute Gasteiger partial charge is 0.0776 e. The number of aryl methyl sites for hydroxylation is 1. The molecule has 1 aromatic rings. The van der Waals surface area contributed by atoms with Crippen molar-refractivity contribution in [2.45, 2.75) is 123 Å². The minimum atomic E-state index is 0. The summed E-state index contributed by atoms with van der Waals surface area (Å²) in [6.45, 7) is 21.4. The van der Waals surface area contributed by atoms with Crippen molar-refractivity contribution in [3.63, 3.8) is 0 Å². The van der Waals surface area contributed by atoms with Gasteiger partial charge in [-0.05, 0) is 18.3 Å². The quantitative estimate of drug-likeness (QED) is 0.427. The predicted octanol–water partition coefficient (Wildman–Crippen LogP) is 10.3. The molecular formula is C26H56. The van der Waals surface area contributed by atoms with Crippen LogP contribution in [-0.4, -0.2) is 0 Å². The molecule has 1 aromatic carbocycles. The topological polar surface area (TPSA) is 0 Å². The maximum atomic E-state index is 2.36. The summed E-state index contributed by atoms with van der Waals surface area (Å²) in [4.78, 5) is 0. The molecule has 0 heteroatoms. The lowest BCUT2D eigenvalue weighted by molar-refractivity contribution is 0.385. The molecule has 0 nitrogen and oxygen atoms in total. The highest BCUT2D eigenvalue weighted by molar-refractivity contribution is 5.11. The van der Waals surface area contributed by atoms with E-state index in [0.717, 1.165) is 5.92 Å². The van der Waals surface area contributed by atoms with Gasteiger partial charge in [-0.3, -0.25) is 0 Å². The highest BCUT2D eigenvalue weighted by Crippen LogP contribution is 2.22. The van der Waals surface area contributed by atoms with E-state index >= 15 is 0 Å². The van der Waals surface area contributed by atoms with Gasteiger partial charge in [0.1, 0.15) is 0 Å². The van der Waals surface area contributed by atoms with Crippen molar-refractivity contribution >= 4 is 0 Å². The Morgan fingerprint density at radius 1 is 0.808 bits per heavy atom. The second-order valence-corrected chi connectivity index (χ2v) is 8.10. The van der Waals surface area contributed by atoms with E-state index in [9.17, 15) is 0 Å². The Morgan fingerprint density at radius 3 is 1.27 bits per heavy atom. The number of rotatable bonds is 0. The Kier molecular flexibility index (Phi) is 36.8. The molecule has 0 unspecified atom stereocenters. The summed E-state index contributed by atoms with van der Waals surface area (Å²) in [5.41, 5.74) is 1.82. The zero-order chi connectivity index (χ0) is 19.4. The fourth-order valence-electron chi connectivity index (χ4n) is 1.84. The summed E-state index contributed by atoms with van der Waals surface area (Å²) in [7, 11) is 0. The Balaban J connectivity index is -0.0000000739. The molecular weight excluding hydrogens is 312 g/mol. The van der Waals surface area contributed by atoms with Crippen LogP contribution in [0.1, 0.15) is 121 Å². The van der Waals surface area contributed by atoms with Gasteiger partial charge in [0.25, 0.3) is 0 Å². The SMILES string of the molecule is C.C.CC.CC(C)(C)C.CC1CCCCC1.CCC.Cc1ccccc1. The van der Waals surface area contributed by atoms with Crippen molar-refractivity contribution in [1.29, 1.82) is 0 Å². The lowest BCUT2D eigenvalue weighted by Crippen LogP contribution is -1.99. The molecule has 1 fully saturated rings. The van der Waals surface area contributed by atoms with Gasteiger partial charge in [0.15, 0.2) is 0 Å². The Labute approximate surface area is 170 Å². The van der Waals surface area contributed by atoms with Gasteiger partial charge in [0, 0.05) is 0 Å². The van der Waals surface area contributed by atoms with Crippen LogP contribution in [0.4, 0.5) is 0 Å². The average Bonchev–Trinajstić information content (AvgIpc) is 2.51. The number of hydrogen-bond acceptors (Lipinski definition) is 0. The Hall–Kier alpha value is -0.780. The molecule has 0 aliphatic heterocycles. The molecule has 160 valence electrons. The molecule has 0 spiro atoms. The molecule has 0 atom stereocenters. The molecule has 0 saturated heterocycles. The first-order valence-electron chi connectivity index (χ1n) is 10.2. The van der Waals surface area contributed by atoms with Gasteiger partial charge in [-0.15, -0.1) is 0 Å². The molecule has 1 aliphatic rings. The van der Waals surface area contributed by atoms with Gasteiger partial charge in [0.05, 0.1) is 0 Å². The van der Waals surface area contributed by atoms with E-state index in [1.54, 1.807) is 0 Å². The second-order valence-electron chi connectivity index (χ2n) is 8.10. The average molecular weight is 369 g/mol. The van der Waals surface area contributed by atoms with Crippen LogP contribution < -0.4 is 0 Å². The molecule has 0 aromatic heterocycles. The van der Waals surface area contributed by atoms with Gasteiger partial charge < -0.3 is 0 Å². The summed E-state index contributed by atoms with van der Waals surface area (Å²) in [5, 5.41) is 0. The Bertz CT molecular complexity index is 293. The van der Waals surface area contributed by atoms with E-state index in [4.69, 9.17) is 0 Å². The van der Waals surface area contributed by atoms with Gasteiger partial charge in [0.2, 0.25) is 0 Å². The van der Waals surface area contributed by atoms with Gasteiger partial charge in [-0.2, -0.15) is 0 Å². The van der Waals surface area contributed by atoms with E-state index < -0.39 is 0 Å². The predicted molar refractivity (Wildman–Crippen MR) is 129 cm³/mol. The monoisotopic (exact) mass is 368 g/mol. The Morgan fingerprint density at radius 2 is 1.12 bits per heavy atom. The minimum absolute atomic E-state index is 0. The maximum Gasteiger partial charge on any atom is -0.0398 e. The van der Waals surface area contributed by atoms with Crippen molar-refractivity contribution in [2.24, 2.45) is 11.3 Å². The van der Waals surface area contributed by atoms with Crippen molar-refractivity contribution in [1.82, 2.24) is 0 Å². The van der Waals surface area contributed by atoms with Crippen molar-refractivity contribution < 1.29 is 0 Å². The van der Waals surface area contributed by atoms with E-state index in [1.165, 1.54) is 44.1 Å². The molecule has 0 N–H and O–H groups in total.